The number of piperazine rings is 1. The lowest BCUT2D eigenvalue weighted by Gasteiger charge is -2.45. The molecule has 0 radical (unpaired) electrons. The van der Waals surface area contributed by atoms with Crippen molar-refractivity contribution in [2.45, 2.75) is 65.0 Å². The van der Waals surface area contributed by atoms with Gasteiger partial charge in [0, 0.05) is 13.0 Å². The van der Waals surface area contributed by atoms with Gasteiger partial charge < -0.3 is 10.2 Å². The number of nitrogens with zero attached hydrogens (tertiary/aromatic N) is 1. The molecule has 1 N–H and O–H groups in total. The predicted molar refractivity (Wildman–Crippen MR) is 79.9 cm³/mol. The van der Waals surface area contributed by atoms with Crippen molar-refractivity contribution in [1.29, 1.82) is 0 Å². The lowest BCUT2D eigenvalue weighted by Crippen LogP contribution is -2.70. The number of amides is 2. The lowest BCUT2D eigenvalue weighted by molar-refractivity contribution is -0.156. The summed E-state index contributed by atoms with van der Waals surface area (Å²) in [5.74, 6) is 2.69. The first-order valence-corrected chi connectivity index (χ1v) is 7.44. The molecule has 0 bridgehead atoms. The molecule has 1 aliphatic rings. The van der Waals surface area contributed by atoms with Crippen LogP contribution in [-0.4, -0.2) is 34.8 Å². The summed E-state index contributed by atoms with van der Waals surface area (Å²) in [6.45, 7) is 8.27. The highest BCUT2D eigenvalue weighted by Crippen LogP contribution is 2.25. The van der Waals surface area contributed by atoms with E-state index in [4.69, 9.17) is 6.42 Å². The molecule has 2 atom stereocenters. The largest absolute Gasteiger partial charge is 0.340 e. The Morgan fingerprint density at radius 2 is 2.05 bits per heavy atom. The monoisotopic (exact) mass is 278 g/mol. The number of unbranched alkanes of at least 4 members (excludes halogenated alkanes) is 2. The molecule has 1 aliphatic heterocycles. The first-order chi connectivity index (χ1) is 9.37. The summed E-state index contributed by atoms with van der Waals surface area (Å²) >= 11 is 0. The van der Waals surface area contributed by atoms with Crippen LogP contribution in [0.15, 0.2) is 0 Å². The van der Waals surface area contributed by atoms with Gasteiger partial charge in [-0.15, -0.1) is 12.3 Å². The molecule has 1 fully saturated rings. The predicted octanol–water partition coefficient (Wildman–Crippen LogP) is 1.94. The molecule has 2 unspecified atom stereocenters. The van der Waals surface area contributed by atoms with Crippen LogP contribution in [0.1, 0.15) is 53.4 Å². The number of terminal acetylenes is 1. The summed E-state index contributed by atoms with van der Waals surface area (Å²) < 4.78 is 0. The van der Waals surface area contributed by atoms with Gasteiger partial charge in [-0.3, -0.25) is 9.59 Å². The molecule has 4 heteroatoms. The Balaban J connectivity index is 2.88. The zero-order chi connectivity index (χ0) is 15.3. The Kier molecular flexibility index (Phi) is 5.62. The summed E-state index contributed by atoms with van der Waals surface area (Å²) in [7, 11) is 0. The van der Waals surface area contributed by atoms with Crippen molar-refractivity contribution in [3.63, 3.8) is 0 Å². The molecule has 0 aromatic rings. The third kappa shape index (κ3) is 3.33. The van der Waals surface area contributed by atoms with Crippen LogP contribution in [0.5, 0.6) is 0 Å². The number of hydrogen-bond donors (Lipinski definition) is 1. The van der Waals surface area contributed by atoms with E-state index in [9.17, 15) is 9.59 Å². The van der Waals surface area contributed by atoms with E-state index in [0.29, 0.717) is 19.4 Å². The molecule has 112 valence electrons. The molecule has 0 saturated carbocycles. The zero-order valence-corrected chi connectivity index (χ0v) is 13.0. The van der Waals surface area contributed by atoms with Gasteiger partial charge >= 0.3 is 0 Å². The van der Waals surface area contributed by atoms with E-state index in [0.717, 1.165) is 12.8 Å². The van der Waals surface area contributed by atoms with Crippen molar-refractivity contribution < 1.29 is 9.59 Å². The third-order valence-corrected chi connectivity index (χ3v) is 4.05. The third-order valence-electron chi connectivity index (χ3n) is 4.05. The van der Waals surface area contributed by atoms with Crippen molar-refractivity contribution >= 4 is 11.8 Å². The van der Waals surface area contributed by atoms with Gasteiger partial charge in [0.2, 0.25) is 11.8 Å². The Morgan fingerprint density at radius 3 is 2.55 bits per heavy atom. The SMILES string of the molecule is C#CCCCCN1C(=O)C(C)(CC)NC(=O)C1C(C)C. The first-order valence-electron chi connectivity index (χ1n) is 7.44. The fraction of sp³-hybridized carbons (Fsp3) is 0.750. The molecular formula is C16H26N2O2. The minimum absolute atomic E-state index is 0.0269. The van der Waals surface area contributed by atoms with Crippen LogP contribution in [-0.2, 0) is 9.59 Å². The number of carbonyl (C=O) groups is 2. The van der Waals surface area contributed by atoms with Crippen LogP contribution in [0.3, 0.4) is 0 Å². The lowest BCUT2D eigenvalue weighted by atomic mass is 9.88. The first kappa shape index (κ1) is 16.6. The molecule has 20 heavy (non-hydrogen) atoms. The molecule has 1 saturated heterocycles. The van der Waals surface area contributed by atoms with Crippen LogP contribution in [0, 0.1) is 18.3 Å². The van der Waals surface area contributed by atoms with Gasteiger partial charge in [0.05, 0.1) is 0 Å². The minimum Gasteiger partial charge on any atom is -0.340 e. The maximum absolute atomic E-state index is 12.7. The number of carbonyl (C=O) groups excluding carboxylic acids is 2. The van der Waals surface area contributed by atoms with Crippen molar-refractivity contribution in [2.75, 3.05) is 6.54 Å². The van der Waals surface area contributed by atoms with Gasteiger partial charge in [0.1, 0.15) is 11.6 Å². The fourth-order valence-electron chi connectivity index (χ4n) is 2.64. The number of nitrogens with one attached hydrogen (secondary N) is 1. The Bertz CT molecular complexity index is 411. The van der Waals surface area contributed by atoms with E-state index in [1.165, 1.54) is 0 Å². The van der Waals surface area contributed by atoms with Crippen LogP contribution in [0.4, 0.5) is 0 Å². The number of rotatable bonds is 6. The van der Waals surface area contributed by atoms with E-state index in [1.807, 2.05) is 20.8 Å². The summed E-state index contributed by atoms with van der Waals surface area (Å²) in [5.41, 5.74) is -0.769. The van der Waals surface area contributed by atoms with Gasteiger partial charge in [-0.1, -0.05) is 20.8 Å². The van der Waals surface area contributed by atoms with Crippen LogP contribution >= 0.6 is 0 Å². The second kappa shape index (κ2) is 6.78. The van der Waals surface area contributed by atoms with Crippen molar-refractivity contribution in [1.82, 2.24) is 10.2 Å². The van der Waals surface area contributed by atoms with Gasteiger partial charge in [-0.25, -0.2) is 0 Å². The van der Waals surface area contributed by atoms with Gasteiger partial charge in [-0.05, 0) is 32.1 Å². The maximum atomic E-state index is 12.7. The molecule has 0 aliphatic carbocycles. The Morgan fingerprint density at radius 1 is 1.40 bits per heavy atom. The van der Waals surface area contributed by atoms with Gasteiger partial charge in [-0.2, -0.15) is 0 Å². The van der Waals surface area contributed by atoms with Gasteiger partial charge in [0.15, 0.2) is 0 Å². The molecular weight excluding hydrogens is 252 g/mol. The van der Waals surface area contributed by atoms with Crippen LogP contribution in [0.2, 0.25) is 0 Å². The molecule has 1 heterocycles. The Hall–Kier alpha value is -1.50. The fourth-order valence-corrected chi connectivity index (χ4v) is 2.64. The molecule has 0 spiro atoms. The second-order valence-corrected chi connectivity index (χ2v) is 6.02. The summed E-state index contributed by atoms with van der Waals surface area (Å²) in [6, 6.07) is -0.368. The standard InChI is InChI=1S/C16H26N2O2/c1-6-8-9-10-11-18-13(12(3)4)14(19)17-16(5,7-2)15(18)20/h1,12-13H,7-11H2,2-5H3,(H,17,19). The molecule has 0 aromatic heterocycles. The van der Waals surface area contributed by atoms with E-state index in [2.05, 4.69) is 11.2 Å². The highest BCUT2D eigenvalue weighted by molar-refractivity contribution is 5.99. The second-order valence-electron chi connectivity index (χ2n) is 6.02. The highest BCUT2D eigenvalue weighted by Gasteiger charge is 2.47. The van der Waals surface area contributed by atoms with Crippen molar-refractivity contribution in [3.8, 4) is 12.3 Å². The smallest absolute Gasteiger partial charge is 0.248 e. The number of hydrogen-bond acceptors (Lipinski definition) is 2. The Labute approximate surface area is 122 Å². The normalized spacial score (nSPS) is 26.6. The van der Waals surface area contributed by atoms with E-state index in [1.54, 1.807) is 11.8 Å². The summed E-state index contributed by atoms with van der Waals surface area (Å²) in [5, 5.41) is 2.89. The minimum atomic E-state index is -0.769. The topological polar surface area (TPSA) is 49.4 Å². The summed E-state index contributed by atoms with van der Waals surface area (Å²) in [6.07, 6.45) is 8.28. The van der Waals surface area contributed by atoms with E-state index >= 15 is 0 Å². The average molecular weight is 278 g/mol. The van der Waals surface area contributed by atoms with Crippen LogP contribution < -0.4 is 5.32 Å². The molecule has 0 aromatic carbocycles. The maximum Gasteiger partial charge on any atom is 0.248 e. The van der Waals surface area contributed by atoms with Crippen molar-refractivity contribution in [3.05, 3.63) is 0 Å². The van der Waals surface area contributed by atoms with Crippen molar-refractivity contribution in [2.24, 2.45) is 5.92 Å². The molecule has 4 nitrogen and oxygen atoms in total. The highest BCUT2D eigenvalue weighted by atomic mass is 16.2. The average Bonchev–Trinajstić information content (AvgIpc) is 2.39. The van der Waals surface area contributed by atoms with Crippen LogP contribution in [0.25, 0.3) is 0 Å². The molecule has 1 rings (SSSR count). The summed E-state index contributed by atoms with van der Waals surface area (Å²) in [4.78, 5) is 26.7. The molecule has 2 amide bonds. The van der Waals surface area contributed by atoms with E-state index < -0.39 is 5.54 Å². The van der Waals surface area contributed by atoms with Gasteiger partial charge in [0.25, 0.3) is 0 Å². The zero-order valence-electron chi connectivity index (χ0n) is 13.0. The quantitative estimate of drug-likeness (QED) is 0.596. The van der Waals surface area contributed by atoms with E-state index in [-0.39, 0.29) is 23.8 Å².